The molecular formula is C14H21N3. The molecule has 3 nitrogen and oxygen atoms in total. The van der Waals surface area contributed by atoms with Gasteiger partial charge in [-0.1, -0.05) is 18.4 Å². The molecule has 2 heterocycles. The zero-order valence-corrected chi connectivity index (χ0v) is 10.4. The predicted molar refractivity (Wildman–Crippen MR) is 69.8 cm³/mol. The molecule has 92 valence electrons. The molecule has 3 rings (SSSR count). The average molecular weight is 231 g/mol. The lowest BCUT2D eigenvalue weighted by molar-refractivity contribution is 0.466. The Bertz CT molecular complexity index is 391. The first-order valence-electron chi connectivity index (χ1n) is 6.87. The van der Waals surface area contributed by atoms with Gasteiger partial charge in [0, 0.05) is 12.7 Å². The van der Waals surface area contributed by atoms with Crippen molar-refractivity contribution in [3.63, 3.8) is 0 Å². The van der Waals surface area contributed by atoms with E-state index in [1.807, 2.05) is 0 Å². The van der Waals surface area contributed by atoms with Crippen molar-refractivity contribution in [1.82, 2.24) is 15.1 Å². The van der Waals surface area contributed by atoms with Crippen LogP contribution in [-0.4, -0.2) is 22.9 Å². The van der Waals surface area contributed by atoms with Gasteiger partial charge in [0.1, 0.15) is 0 Å². The van der Waals surface area contributed by atoms with Crippen molar-refractivity contribution in [3.05, 3.63) is 23.5 Å². The molecule has 0 aromatic carbocycles. The highest BCUT2D eigenvalue weighted by Crippen LogP contribution is 2.28. The van der Waals surface area contributed by atoms with Crippen molar-refractivity contribution in [2.24, 2.45) is 0 Å². The van der Waals surface area contributed by atoms with Gasteiger partial charge in [0.15, 0.2) is 0 Å². The van der Waals surface area contributed by atoms with Crippen LogP contribution in [0.4, 0.5) is 0 Å². The van der Waals surface area contributed by atoms with E-state index in [1.54, 1.807) is 0 Å². The monoisotopic (exact) mass is 231 g/mol. The Balaban J connectivity index is 1.71. The van der Waals surface area contributed by atoms with E-state index in [0.29, 0.717) is 6.04 Å². The number of piperidine rings is 1. The van der Waals surface area contributed by atoms with Crippen LogP contribution in [0.3, 0.4) is 0 Å². The van der Waals surface area contributed by atoms with Crippen LogP contribution >= 0.6 is 0 Å². The Hall–Kier alpha value is -1.09. The van der Waals surface area contributed by atoms with Gasteiger partial charge in [-0.2, -0.15) is 5.10 Å². The molecule has 0 unspecified atom stereocenters. The molecule has 1 aliphatic carbocycles. The summed E-state index contributed by atoms with van der Waals surface area (Å²) in [6.07, 6.45) is 12.2. The Labute approximate surface area is 103 Å². The molecule has 0 atom stereocenters. The number of hydrogen-bond acceptors (Lipinski definition) is 2. The second-order valence-corrected chi connectivity index (χ2v) is 5.24. The molecule has 1 aromatic rings. The first-order valence-corrected chi connectivity index (χ1v) is 6.87. The van der Waals surface area contributed by atoms with Crippen LogP contribution in [0.5, 0.6) is 0 Å². The second-order valence-electron chi connectivity index (χ2n) is 5.24. The van der Waals surface area contributed by atoms with E-state index >= 15 is 0 Å². The molecule has 2 fully saturated rings. The van der Waals surface area contributed by atoms with E-state index in [9.17, 15) is 0 Å². The van der Waals surface area contributed by atoms with Gasteiger partial charge in [-0.15, -0.1) is 0 Å². The van der Waals surface area contributed by atoms with E-state index in [2.05, 4.69) is 28.3 Å². The molecular weight excluding hydrogens is 210 g/mol. The fourth-order valence-corrected chi connectivity index (χ4v) is 2.91. The number of hydrogen-bond donors (Lipinski definition) is 1. The number of rotatable bonds is 2. The zero-order valence-electron chi connectivity index (χ0n) is 10.4. The van der Waals surface area contributed by atoms with E-state index < -0.39 is 0 Å². The Morgan fingerprint density at radius 3 is 2.94 bits per heavy atom. The summed E-state index contributed by atoms with van der Waals surface area (Å²) in [6.45, 7) is 2.20. The van der Waals surface area contributed by atoms with Gasteiger partial charge < -0.3 is 5.32 Å². The molecule has 0 amide bonds. The van der Waals surface area contributed by atoms with Crippen molar-refractivity contribution in [1.29, 1.82) is 0 Å². The molecule has 2 aliphatic rings. The highest BCUT2D eigenvalue weighted by Gasteiger charge is 2.17. The van der Waals surface area contributed by atoms with Crippen LogP contribution in [0.1, 0.15) is 50.3 Å². The summed E-state index contributed by atoms with van der Waals surface area (Å²) in [5.41, 5.74) is 2.63. The van der Waals surface area contributed by atoms with Crippen molar-refractivity contribution >= 4 is 6.08 Å². The third kappa shape index (κ3) is 2.60. The summed E-state index contributed by atoms with van der Waals surface area (Å²) in [6, 6.07) is 2.81. The maximum Gasteiger partial charge on any atom is 0.0851 e. The minimum absolute atomic E-state index is 0.659. The number of nitrogens with one attached hydrogen (secondary N) is 1. The van der Waals surface area contributed by atoms with E-state index in [4.69, 9.17) is 5.10 Å². The lowest BCUT2D eigenvalue weighted by Crippen LogP contribution is -2.23. The van der Waals surface area contributed by atoms with Gasteiger partial charge in [-0.05, 0) is 44.4 Å². The van der Waals surface area contributed by atoms with Crippen LogP contribution in [0.25, 0.3) is 6.08 Å². The van der Waals surface area contributed by atoms with Gasteiger partial charge in [-0.25, -0.2) is 0 Å². The third-order valence-corrected chi connectivity index (χ3v) is 3.88. The van der Waals surface area contributed by atoms with Gasteiger partial charge in [0.25, 0.3) is 0 Å². The van der Waals surface area contributed by atoms with Gasteiger partial charge in [0.2, 0.25) is 0 Å². The maximum atomic E-state index is 4.70. The molecule has 1 saturated heterocycles. The molecule has 1 aliphatic heterocycles. The second kappa shape index (κ2) is 5.05. The van der Waals surface area contributed by atoms with Crippen LogP contribution in [0, 0.1) is 0 Å². The first-order chi connectivity index (χ1) is 8.42. The molecule has 0 spiro atoms. The Morgan fingerprint density at radius 1 is 1.29 bits per heavy atom. The van der Waals surface area contributed by atoms with Crippen molar-refractivity contribution in [2.45, 2.75) is 44.6 Å². The van der Waals surface area contributed by atoms with Crippen LogP contribution in [-0.2, 0) is 0 Å². The normalized spacial score (nSPS) is 24.6. The smallest absolute Gasteiger partial charge is 0.0851 e. The summed E-state index contributed by atoms with van der Waals surface area (Å²) in [4.78, 5) is 0. The summed E-state index contributed by atoms with van der Waals surface area (Å²) in [5.74, 6) is 0. The molecule has 0 bridgehead atoms. The standard InChI is InChI=1S/C14H21N3/c1-2-6-14(5-1)17-9-7-13(16-17)10-12-4-3-8-15-11-12/h7,9-10,14-15H,1-6,8,11H2/b12-10+. The van der Waals surface area contributed by atoms with E-state index in [1.165, 1.54) is 44.1 Å². The predicted octanol–water partition coefficient (Wildman–Crippen LogP) is 2.77. The van der Waals surface area contributed by atoms with Crippen LogP contribution in [0.2, 0.25) is 0 Å². The molecule has 3 heteroatoms. The fraction of sp³-hybridized carbons (Fsp3) is 0.643. The molecule has 1 aromatic heterocycles. The lowest BCUT2D eigenvalue weighted by atomic mass is 10.1. The molecule has 0 radical (unpaired) electrons. The van der Waals surface area contributed by atoms with Crippen molar-refractivity contribution in [3.8, 4) is 0 Å². The highest BCUT2D eigenvalue weighted by molar-refractivity contribution is 5.49. The summed E-state index contributed by atoms with van der Waals surface area (Å²) < 4.78 is 2.18. The minimum atomic E-state index is 0.659. The quantitative estimate of drug-likeness (QED) is 0.848. The van der Waals surface area contributed by atoms with Crippen molar-refractivity contribution in [2.75, 3.05) is 13.1 Å². The van der Waals surface area contributed by atoms with Gasteiger partial charge in [0.05, 0.1) is 11.7 Å². The molecule has 17 heavy (non-hydrogen) atoms. The topological polar surface area (TPSA) is 29.9 Å². The van der Waals surface area contributed by atoms with Crippen molar-refractivity contribution < 1.29 is 0 Å². The third-order valence-electron chi connectivity index (χ3n) is 3.88. The highest BCUT2D eigenvalue weighted by atomic mass is 15.3. The van der Waals surface area contributed by atoms with Gasteiger partial charge in [-0.3, -0.25) is 4.68 Å². The van der Waals surface area contributed by atoms with Crippen LogP contribution in [0.15, 0.2) is 17.8 Å². The fourth-order valence-electron chi connectivity index (χ4n) is 2.91. The Morgan fingerprint density at radius 2 is 2.18 bits per heavy atom. The van der Waals surface area contributed by atoms with Crippen LogP contribution < -0.4 is 5.32 Å². The SMILES string of the molecule is C(=C1/CCCNC1)/c1ccn(C2CCCC2)n1. The van der Waals surface area contributed by atoms with E-state index in [-0.39, 0.29) is 0 Å². The average Bonchev–Trinajstić information content (AvgIpc) is 3.00. The maximum absolute atomic E-state index is 4.70. The van der Waals surface area contributed by atoms with E-state index in [0.717, 1.165) is 18.8 Å². The summed E-state index contributed by atoms with van der Waals surface area (Å²) in [7, 11) is 0. The minimum Gasteiger partial charge on any atom is -0.313 e. The summed E-state index contributed by atoms with van der Waals surface area (Å²) >= 11 is 0. The largest absolute Gasteiger partial charge is 0.313 e. The zero-order chi connectivity index (χ0) is 11.5. The Kier molecular flexibility index (Phi) is 3.27. The lowest BCUT2D eigenvalue weighted by Gasteiger charge is -2.14. The molecule has 1 N–H and O–H groups in total. The van der Waals surface area contributed by atoms with Gasteiger partial charge >= 0.3 is 0 Å². The number of nitrogens with zero attached hydrogens (tertiary/aromatic N) is 2. The summed E-state index contributed by atoms with van der Waals surface area (Å²) in [5, 5.41) is 8.11. The first kappa shape index (κ1) is 11.0. The number of aromatic nitrogens is 2. The molecule has 1 saturated carbocycles.